The molecule has 19 heavy (non-hydrogen) atoms. The highest BCUT2D eigenvalue weighted by Gasteiger charge is 2.04. The first kappa shape index (κ1) is 14.0. The van der Waals surface area contributed by atoms with Crippen molar-refractivity contribution in [3.63, 3.8) is 0 Å². The van der Waals surface area contributed by atoms with Crippen molar-refractivity contribution in [2.45, 2.75) is 19.4 Å². The smallest absolute Gasteiger partial charge is 0.133 e. The van der Waals surface area contributed by atoms with Crippen molar-refractivity contribution >= 4 is 15.9 Å². The largest absolute Gasteiger partial charge is 0.496 e. The quantitative estimate of drug-likeness (QED) is 0.882. The number of hydrogen-bond acceptors (Lipinski definition) is 4. The molecule has 0 atom stereocenters. The van der Waals surface area contributed by atoms with Crippen molar-refractivity contribution in [2.24, 2.45) is 5.73 Å². The van der Waals surface area contributed by atoms with E-state index in [0.717, 1.165) is 34.3 Å². The number of nitrogens with zero attached hydrogens (tertiary/aromatic N) is 3. The van der Waals surface area contributed by atoms with Crippen molar-refractivity contribution in [1.82, 2.24) is 15.0 Å². The Morgan fingerprint density at radius 3 is 2.95 bits per heavy atom. The summed E-state index contributed by atoms with van der Waals surface area (Å²) >= 11 is 3.48. The predicted octanol–water partition coefficient (Wildman–Crippen LogP) is 1.99. The summed E-state index contributed by atoms with van der Waals surface area (Å²) in [7, 11) is 1.65. The highest BCUT2D eigenvalue weighted by Crippen LogP contribution is 2.25. The average Bonchev–Trinajstić information content (AvgIpc) is 2.84. The molecule has 2 aromatic rings. The maximum atomic E-state index is 5.48. The lowest BCUT2D eigenvalue weighted by molar-refractivity contribution is 0.412. The fourth-order valence-corrected chi connectivity index (χ4v) is 2.40. The van der Waals surface area contributed by atoms with E-state index in [4.69, 9.17) is 10.5 Å². The van der Waals surface area contributed by atoms with Crippen LogP contribution in [0.2, 0.25) is 0 Å². The zero-order valence-electron chi connectivity index (χ0n) is 10.8. The minimum atomic E-state index is 0.679. The number of halogens is 1. The molecule has 1 heterocycles. The van der Waals surface area contributed by atoms with Gasteiger partial charge in [-0.25, -0.2) is 4.68 Å². The summed E-state index contributed by atoms with van der Waals surface area (Å²) in [6, 6.07) is 5.98. The summed E-state index contributed by atoms with van der Waals surface area (Å²) in [5, 5.41) is 8.24. The molecule has 0 fully saturated rings. The SMILES string of the molecule is COc1ccc(Cn2cc(CCCN)nn2)cc1Br. The van der Waals surface area contributed by atoms with Gasteiger partial charge in [0, 0.05) is 6.20 Å². The molecule has 0 saturated carbocycles. The molecule has 0 aliphatic rings. The molecular weight excluding hydrogens is 308 g/mol. The molecule has 0 aliphatic heterocycles. The third kappa shape index (κ3) is 3.78. The lowest BCUT2D eigenvalue weighted by Gasteiger charge is -2.06. The Kier molecular flexibility index (Phi) is 4.93. The molecule has 0 saturated heterocycles. The molecule has 1 aromatic carbocycles. The van der Waals surface area contributed by atoms with Crippen molar-refractivity contribution in [2.75, 3.05) is 13.7 Å². The van der Waals surface area contributed by atoms with Gasteiger partial charge in [0.25, 0.3) is 0 Å². The number of aromatic nitrogens is 3. The lowest BCUT2D eigenvalue weighted by atomic mass is 10.2. The Morgan fingerprint density at radius 2 is 2.26 bits per heavy atom. The highest BCUT2D eigenvalue weighted by molar-refractivity contribution is 9.10. The van der Waals surface area contributed by atoms with Crippen molar-refractivity contribution in [1.29, 1.82) is 0 Å². The van der Waals surface area contributed by atoms with Gasteiger partial charge in [-0.3, -0.25) is 0 Å². The van der Waals surface area contributed by atoms with Gasteiger partial charge in [-0.2, -0.15) is 0 Å². The van der Waals surface area contributed by atoms with Crippen LogP contribution in [0.4, 0.5) is 0 Å². The van der Waals surface area contributed by atoms with E-state index in [9.17, 15) is 0 Å². The van der Waals surface area contributed by atoms with Gasteiger partial charge in [-0.05, 0) is 53.0 Å². The first-order chi connectivity index (χ1) is 9.22. The number of aryl methyl sites for hydroxylation is 1. The summed E-state index contributed by atoms with van der Waals surface area (Å²) in [4.78, 5) is 0. The normalized spacial score (nSPS) is 10.7. The van der Waals surface area contributed by atoms with Crippen LogP contribution in [-0.2, 0) is 13.0 Å². The summed E-state index contributed by atoms with van der Waals surface area (Å²) in [6.07, 6.45) is 3.78. The Balaban J connectivity index is 2.04. The van der Waals surface area contributed by atoms with Crippen LogP contribution >= 0.6 is 15.9 Å². The molecule has 102 valence electrons. The summed E-state index contributed by atoms with van der Waals surface area (Å²) in [5.74, 6) is 0.825. The van der Waals surface area contributed by atoms with E-state index in [1.807, 2.05) is 29.1 Å². The molecule has 0 amide bonds. The van der Waals surface area contributed by atoms with Crippen molar-refractivity contribution in [3.05, 3.63) is 40.1 Å². The van der Waals surface area contributed by atoms with Gasteiger partial charge < -0.3 is 10.5 Å². The molecule has 5 nitrogen and oxygen atoms in total. The van der Waals surface area contributed by atoms with E-state index < -0.39 is 0 Å². The zero-order chi connectivity index (χ0) is 13.7. The van der Waals surface area contributed by atoms with Gasteiger partial charge in [0.05, 0.1) is 23.8 Å². The van der Waals surface area contributed by atoms with E-state index in [-0.39, 0.29) is 0 Å². The van der Waals surface area contributed by atoms with Gasteiger partial charge >= 0.3 is 0 Å². The number of hydrogen-bond donors (Lipinski definition) is 1. The van der Waals surface area contributed by atoms with Crippen LogP contribution in [0.15, 0.2) is 28.9 Å². The molecule has 1 aromatic heterocycles. The predicted molar refractivity (Wildman–Crippen MR) is 77.2 cm³/mol. The number of methoxy groups -OCH3 is 1. The van der Waals surface area contributed by atoms with Crippen LogP contribution < -0.4 is 10.5 Å². The maximum Gasteiger partial charge on any atom is 0.133 e. The Morgan fingerprint density at radius 1 is 1.42 bits per heavy atom. The highest BCUT2D eigenvalue weighted by atomic mass is 79.9. The second kappa shape index (κ2) is 6.68. The number of ether oxygens (including phenoxy) is 1. The molecule has 0 aliphatic carbocycles. The molecular formula is C13H17BrN4O. The molecule has 2 rings (SSSR count). The standard InChI is InChI=1S/C13H17BrN4O/c1-19-13-5-4-10(7-12(13)14)8-18-9-11(16-17-18)3-2-6-15/h4-5,7,9H,2-3,6,8,15H2,1H3. The minimum Gasteiger partial charge on any atom is -0.496 e. The van der Waals surface area contributed by atoms with E-state index >= 15 is 0 Å². The van der Waals surface area contributed by atoms with Crippen LogP contribution in [0.5, 0.6) is 5.75 Å². The Bertz CT molecular complexity index is 541. The average molecular weight is 325 g/mol. The van der Waals surface area contributed by atoms with E-state index in [2.05, 4.69) is 26.2 Å². The molecule has 0 bridgehead atoms. The molecule has 0 spiro atoms. The van der Waals surface area contributed by atoms with Crippen LogP contribution in [0.3, 0.4) is 0 Å². The summed E-state index contributed by atoms with van der Waals surface area (Å²) in [5.41, 5.74) is 7.60. The fraction of sp³-hybridized carbons (Fsp3) is 0.385. The second-order valence-corrected chi connectivity index (χ2v) is 5.12. The maximum absolute atomic E-state index is 5.48. The van der Waals surface area contributed by atoms with Gasteiger partial charge in [0.1, 0.15) is 5.75 Å². The fourth-order valence-electron chi connectivity index (χ4n) is 1.81. The Labute approximate surface area is 120 Å². The van der Waals surface area contributed by atoms with E-state index in [1.165, 1.54) is 0 Å². The first-order valence-electron chi connectivity index (χ1n) is 6.14. The topological polar surface area (TPSA) is 66.0 Å². The second-order valence-electron chi connectivity index (χ2n) is 4.27. The van der Waals surface area contributed by atoms with Gasteiger partial charge in [0.15, 0.2) is 0 Å². The number of rotatable bonds is 6. The van der Waals surface area contributed by atoms with Gasteiger partial charge in [-0.15, -0.1) is 5.10 Å². The Hall–Kier alpha value is -1.40. The minimum absolute atomic E-state index is 0.679. The third-order valence-electron chi connectivity index (χ3n) is 2.78. The van der Waals surface area contributed by atoms with Crippen LogP contribution in [-0.4, -0.2) is 28.6 Å². The van der Waals surface area contributed by atoms with Gasteiger partial charge in [0.2, 0.25) is 0 Å². The number of benzene rings is 1. The summed E-state index contributed by atoms with van der Waals surface area (Å²) < 4.78 is 7.98. The van der Waals surface area contributed by atoms with E-state index in [0.29, 0.717) is 13.1 Å². The zero-order valence-corrected chi connectivity index (χ0v) is 12.4. The molecule has 0 radical (unpaired) electrons. The summed E-state index contributed by atoms with van der Waals surface area (Å²) in [6.45, 7) is 1.37. The molecule has 6 heteroatoms. The molecule has 2 N–H and O–H groups in total. The third-order valence-corrected chi connectivity index (χ3v) is 3.40. The first-order valence-corrected chi connectivity index (χ1v) is 6.93. The van der Waals surface area contributed by atoms with Crippen molar-refractivity contribution in [3.8, 4) is 5.75 Å². The van der Waals surface area contributed by atoms with E-state index in [1.54, 1.807) is 7.11 Å². The van der Waals surface area contributed by atoms with Crippen molar-refractivity contribution < 1.29 is 4.74 Å². The molecule has 0 unspecified atom stereocenters. The van der Waals surface area contributed by atoms with Crippen LogP contribution in [0.1, 0.15) is 17.7 Å². The van der Waals surface area contributed by atoms with Gasteiger partial charge in [-0.1, -0.05) is 11.3 Å². The monoisotopic (exact) mass is 324 g/mol. The van der Waals surface area contributed by atoms with Crippen LogP contribution in [0, 0.1) is 0 Å². The lowest BCUT2D eigenvalue weighted by Crippen LogP contribution is -2.01. The number of nitrogens with two attached hydrogens (primary N) is 1. The van der Waals surface area contributed by atoms with Crippen LogP contribution in [0.25, 0.3) is 0 Å².